The summed E-state index contributed by atoms with van der Waals surface area (Å²) in [5.74, 6) is 0. The van der Waals surface area contributed by atoms with Crippen molar-refractivity contribution < 1.29 is 18.9 Å². The van der Waals surface area contributed by atoms with E-state index in [0.29, 0.717) is 52.9 Å². The van der Waals surface area contributed by atoms with E-state index in [1.165, 1.54) is 0 Å². The predicted molar refractivity (Wildman–Crippen MR) is 107 cm³/mol. The van der Waals surface area contributed by atoms with E-state index in [-0.39, 0.29) is 10.5 Å². The maximum atomic E-state index is 5.56. The molecule has 0 aromatic rings. The second-order valence-corrected chi connectivity index (χ2v) is 7.61. The molecule has 4 nitrogen and oxygen atoms in total. The van der Waals surface area contributed by atoms with Crippen LogP contribution >= 0.6 is 21.6 Å². The summed E-state index contributed by atoms with van der Waals surface area (Å²) in [7, 11) is 3.47. The van der Waals surface area contributed by atoms with Crippen LogP contribution in [0.1, 0.15) is 0 Å². The Labute approximate surface area is 154 Å². The molecule has 24 heavy (non-hydrogen) atoms. The second kappa shape index (κ2) is 18.8. The highest BCUT2D eigenvalue weighted by atomic mass is 33.1. The van der Waals surface area contributed by atoms with Crippen LogP contribution < -0.4 is 0 Å². The fourth-order valence-corrected chi connectivity index (χ4v) is 4.03. The molecule has 0 N–H and O–H groups in total. The quantitative estimate of drug-likeness (QED) is 0.194. The topological polar surface area (TPSA) is 36.9 Å². The fourth-order valence-electron chi connectivity index (χ4n) is 1.50. The molecule has 138 valence electrons. The van der Waals surface area contributed by atoms with Crippen molar-refractivity contribution in [3.63, 3.8) is 0 Å². The minimum Gasteiger partial charge on any atom is -0.376 e. The minimum atomic E-state index is 0.219. The molecular formula is C18H30O4S2. The summed E-state index contributed by atoms with van der Waals surface area (Å²) in [6, 6.07) is 0. The van der Waals surface area contributed by atoms with E-state index >= 15 is 0 Å². The van der Waals surface area contributed by atoms with Gasteiger partial charge in [-0.15, -0.1) is 26.3 Å². The van der Waals surface area contributed by atoms with Gasteiger partial charge in [0, 0.05) is 0 Å². The molecule has 0 saturated carbocycles. The van der Waals surface area contributed by atoms with E-state index < -0.39 is 0 Å². The molecular weight excluding hydrogens is 344 g/mol. The molecule has 0 saturated heterocycles. The molecule has 0 spiro atoms. The molecule has 0 atom stereocenters. The van der Waals surface area contributed by atoms with Gasteiger partial charge in [-0.1, -0.05) is 45.9 Å². The molecule has 0 aliphatic rings. The molecule has 0 heterocycles. The smallest absolute Gasteiger partial charge is 0.0645 e. The Hall–Kier alpha value is -0.500. The third-order valence-corrected chi connectivity index (χ3v) is 5.65. The third-order valence-electron chi connectivity index (χ3n) is 2.49. The summed E-state index contributed by atoms with van der Waals surface area (Å²) >= 11 is 0. The SMILES string of the molecule is C=CCOCC(COCC=C)SSC(COCC=C)COCC=C. The molecule has 0 bridgehead atoms. The molecule has 0 aliphatic heterocycles. The van der Waals surface area contributed by atoms with Gasteiger partial charge in [-0.2, -0.15) is 0 Å². The summed E-state index contributed by atoms with van der Waals surface area (Å²) in [5.41, 5.74) is 0. The summed E-state index contributed by atoms with van der Waals surface area (Å²) in [6.07, 6.45) is 6.98. The van der Waals surface area contributed by atoms with E-state index in [1.54, 1.807) is 45.9 Å². The fraction of sp³-hybridized carbons (Fsp3) is 0.556. The number of ether oxygens (including phenoxy) is 4. The van der Waals surface area contributed by atoms with Crippen LogP contribution in [0.2, 0.25) is 0 Å². The highest BCUT2D eigenvalue weighted by Gasteiger charge is 2.16. The predicted octanol–water partition coefficient (Wildman–Crippen LogP) is 3.92. The number of hydrogen-bond donors (Lipinski definition) is 0. The maximum Gasteiger partial charge on any atom is 0.0645 e. The summed E-state index contributed by atoms with van der Waals surface area (Å²) in [4.78, 5) is 0. The van der Waals surface area contributed by atoms with Crippen molar-refractivity contribution in [2.24, 2.45) is 0 Å². The van der Waals surface area contributed by atoms with Crippen molar-refractivity contribution in [3.8, 4) is 0 Å². The Morgan fingerprint density at radius 1 is 0.542 bits per heavy atom. The Morgan fingerprint density at radius 3 is 1.00 bits per heavy atom. The van der Waals surface area contributed by atoms with Crippen LogP contribution in [0.25, 0.3) is 0 Å². The maximum absolute atomic E-state index is 5.56. The number of hydrogen-bond acceptors (Lipinski definition) is 6. The van der Waals surface area contributed by atoms with Crippen LogP contribution in [0.15, 0.2) is 50.6 Å². The van der Waals surface area contributed by atoms with Crippen LogP contribution in [0.4, 0.5) is 0 Å². The van der Waals surface area contributed by atoms with Gasteiger partial charge < -0.3 is 18.9 Å². The zero-order valence-electron chi connectivity index (χ0n) is 14.4. The van der Waals surface area contributed by atoms with Crippen molar-refractivity contribution in [3.05, 3.63) is 50.6 Å². The molecule has 0 radical (unpaired) electrons. The summed E-state index contributed by atoms with van der Waals surface area (Å²) in [6.45, 7) is 19.2. The highest BCUT2D eigenvalue weighted by Crippen LogP contribution is 2.32. The third kappa shape index (κ3) is 15.1. The van der Waals surface area contributed by atoms with Crippen molar-refractivity contribution >= 4 is 21.6 Å². The first-order valence-corrected chi connectivity index (χ1v) is 10.1. The molecule has 0 fully saturated rings. The van der Waals surface area contributed by atoms with Crippen LogP contribution in [-0.2, 0) is 18.9 Å². The highest BCUT2D eigenvalue weighted by molar-refractivity contribution is 8.77. The molecule has 0 rings (SSSR count). The van der Waals surface area contributed by atoms with Gasteiger partial charge in [0.25, 0.3) is 0 Å². The van der Waals surface area contributed by atoms with Crippen molar-refractivity contribution in [2.45, 2.75) is 10.5 Å². The van der Waals surface area contributed by atoms with Gasteiger partial charge in [0.2, 0.25) is 0 Å². The lowest BCUT2D eigenvalue weighted by atomic mass is 10.5. The van der Waals surface area contributed by atoms with Crippen LogP contribution in [0, 0.1) is 0 Å². The Kier molecular flexibility index (Phi) is 18.4. The lowest BCUT2D eigenvalue weighted by Crippen LogP contribution is -2.22. The Balaban J connectivity index is 4.30. The van der Waals surface area contributed by atoms with E-state index in [9.17, 15) is 0 Å². The van der Waals surface area contributed by atoms with Gasteiger partial charge in [0.15, 0.2) is 0 Å². The van der Waals surface area contributed by atoms with Crippen molar-refractivity contribution in [1.82, 2.24) is 0 Å². The van der Waals surface area contributed by atoms with Crippen LogP contribution in [0.3, 0.4) is 0 Å². The first-order valence-electron chi connectivity index (χ1n) is 7.85. The molecule has 0 amide bonds. The van der Waals surface area contributed by atoms with Crippen molar-refractivity contribution in [2.75, 3.05) is 52.9 Å². The average Bonchev–Trinajstić information content (AvgIpc) is 2.59. The molecule has 0 aromatic heterocycles. The average molecular weight is 375 g/mol. The van der Waals surface area contributed by atoms with Crippen molar-refractivity contribution in [1.29, 1.82) is 0 Å². The largest absolute Gasteiger partial charge is 0.376 e. The standard InChI is InChI=1S/C18H30O4S2/c1-5-9-19-13-17(14-20-10-6-2)23-24-18(15-21-11-7-3)16-22-12-8-4/h5-8,17-18H,1-4,9-16H2. The molecule has 6 heteroatoms. The molecule has 0 aliphatic carbocycles. The van der Waals surface area contributed by atoms with Gasteiger partial charge in [0.05, 0.1) is 63.4 Å². The van der Waals surface area contributed by atoms with Gasteiger partial charge >= 0.3 is 0 Å². The Bertz CT molecular complexity index is 277. The lowest BCUT2D eigenvalue weighted by molar-refractivity contribution is 0.111. The number of rotatable bonds is 19. The van der Waals surface area contributed by atoms with Gasteiger partial charge in [0.1, 0.15) is 0 Å². The molecule has 0 unspecified atom stereocenters. The first-order chi connectivity index (χ1) is 11.8. The van der Waals surface area contributed by atoms with E-state index in [1.807, 2.05) is 0 Å². The van der Waals surface area contributed by atoms with Gasteiger partial charge in [-0.3, -0.25) is 0 Å². The second-order valence-electron chi connectivity index (χ2n) is 4.74. The van der Waals surface area contributed by atoms with Gasteiger partial charge in [-0.25, -0.2) is 0 Å². The van der Waals surface area contributed by atoms with Crippen LogP contribution in [0.5, 0.6) is 0 Å². The zero-order valence-corrected chi connectivity index (χ0v) is 16.0. The van der Waals surface area contributed by atoms with Crippen LogP contribution in [-0.4, -0.2) is 63.4 Å². The van der Waals surface area contributed by atoms with Gasteiger partial charge in [-0.05, 0) is 0 Å². The first kappa shape index (κ1) is 23.5. The Morgan fingerprint density at radius 2 is 0.792 bits per heavy atom. The zero-order chi connectivity index (χ0) is 17.9. The molecule has 0 aromatic carbocycles. The minimum absolute atomic E-state index is 0.219. The summed E-state index contributed by atoms with van der Waals surface area (Å²) < 4.78 is 22.2. The monoisotopic (exact) mass is 374 g/mol. The van der Waals surface area contributed by atoms with E-state index in [0.717, 1.165) is 0 Å². The van der Waals surface area contributed by atoms with E-state index in [2.05, 4.69) is 26.3 Å². The summed E-state index contributed by atoms with van der Waals surface area (Å²) in [5, 5.41) is 0.437. The normalized spacial score (nSPS) is 10.9. The van der Waals surface area contributed by atoms with E-state index in [4.69, 9.17) is 18.9 Å². The lowest BCUT2D eigenvalue weighted by Gasteiger charge is -2.20.